The zero-order valence-corrected chi connectivity index (χ0v) is 12.9. The Kier molecular flexibility index (Phi) is 5.19. The number of urea groups is 1. The minimum Gasteiger partial charge on any atom is -0.478 e. The van der Waals surface area contributed by atoms with E-state index >= 15 is 0 Å². The van der Waals surface area contributed by atoms with Gasteiger partial charge in [-0.1, -0.05) is 12.8 Å². The monoisotopic (exact) mass is 356 g/mol. The number of hydrogen-bond acceptors (Lipinski definition) is 3. The molecule has 2 amide bonds. The molecule has 4 N–H and O–H groups in total. The lowest BCUT2D eigenvalue weighted by molar-refractivity contribution is 0.0696. The molecule has 1 aliphatic carbocycles. The van der Waals surface area contributed by atoms with Gasteiger partial charge in [0, 0.05) is 10.2 Å². The van der Waals surface area contributed by atoms with Gasteiger partial charge in [0.2, 0.25) is 0 Å². The lowest BCUT2D eigenvalue weighted by Gasteiger charge is -2.28. The van der Waals surface area contributed by atoms with E-state index in [1.54, 1.807) is 12.1 Å². The molecule has 2 rings (SSSR count). The molecule has 0 spiro atoms. The van der Waals surface area contributed by atoms with E-state index in [0.717, 1.165) is 19.3 Å². The number of aliphatic hydroxyl groups excluding tert-OH is 1. The number of benzene rings is 1. The van der Waals surface area contributed by atoms with Crippen molar-refractivity contribution in [1.29, 1.82) is 0 Å². The number of aromatic carboxylic acids is 1. The number of carbonyl (C=O) groups excluding carboxylic acids is 1. The summed E-state index contributed by atoms with van der Waals surface area (Å²) in [7, 11) is 0. The average Bonchev–Trinajstić information content (AvgIpc) is 2.43. The summed E-state index contributed by atoms with van der Waals surface area (Å²) in [6.07, 6.45) is 2.85. The fourth-order valence-corrected chi connectivity index (χ4v) is 2.80. The van der Waals surface area contributed by atoms with E-state index < -0.39 is 18.1 Å². The number of carbonyl (C=O) groups is 2. The van der Waals surface area contributed by atoms with Crippen LogP contribution in [0.4, 0.5) is 10.5 Å². The quantitative estimate of drug-likeness (QED) is 0.668. The van der Waals surface area contributed by atoms with Crippen molar-refractivity contribution >= 4 is 33.6 Å². The van der Waals surface area contributed by atoms with Gasteiger partial charge in [-0.15, -0.1) is 0 Å². The molecule has 0 saturated heterocycles. The molecule has 1 saturated carbocycles. The number of amides is 2. The lowest BCUT2D eigenvalue weighted by atomic mass is 9.93. The largest absolute Gasteiger partial charge is 0.478 e. The first kappa shape index (κ1) is 15.8. The predicted octanol–water partition coefficient (Wildman–Crippen LogP) is 2.57. The van der Waals surface area contributed by atoms with Crippen LogP contribution in [0, 0.1) is 0 Å². The first-order chi connectivity index (χ1) is 9.97. The maximum absolute atomic E-state index is 11.9. The molecule has 21 heavy (non-hydrogen) atoms. The Hall–Kier alpha value is -1.60. The Balaban J connectivity index is 1.99. The van der Waals surface area contributed by atoms with Gasteiger partial charge in [0.05, 0.1) is 17.7 Å². The van der Waals surface area contributed by atoms with Crippen molar-refractivity contribution in [3.05, 3.63) is 28.2 Å². The Morgan fingerprint density at radius 2 is 1.95 bits per heavy atom. The van der Waals surface area contributed by atoms with E-state index in [0.29, 0.717) is 16.6 Å². The highest BCUT2D eigenvalue weighted by molar-refractivity contribution is 9.10. The van der Waals surface area contributed by atoms with Gasteiger partial charge in [-0.2, -0.15) is 0 Å². The van der Waals surface area contributed by atoms with Crippen LogP contribution in [-0.2, 0) is 0 Å². The number of halogens is 1. The second-order valence-electron chi connectivity index (χ2n) is 5.06. The maximum Gasteiger partial charge on any atom is 0.336 e. The van der Waals surface area contributed by atoms with Crippen molar-refractivity contribution < 1.29 is 19.8 Å². The number of carboxylic acid groups (broad SMARTS) is 1. The first-order valence-corrected chi connectivity index (χ1v) is 7.55. The topological polar surface area (TPSA) is 98.7 Å². The Labute approximate surface area is 130 Å². The van der Waals surface area contributed by atoms with Crippen molar-refractivity contribution in [3.63, 3.8) is 0 Å². The van der Waals surface area contributed by atoms with Crippen LogP contribution >= 0.6 is 15.9 Å². The van der Waals surface area contributed by atoms with E-state index in [9.17, 15) is 14.7 Å². The third-order valence-corrected chi connectivity index (χ3v) is 4.19. The fraction of sp³-hybridized carbons (Fsp3) is 0.429. The summed E-state index contributed by atoms with van der Waals surface area (Å²) in [6.45, 7) is 0. The average molecular weight is 357 g/mol. The van der Waals surface area contributed by atoms with Crippen LogP contribution in [0.25, 0.3) is 0 Å². The molecule has 1 aromatic carbocycles. The number of nitrogens with one attached hydrogen (secondary N) is 2. The third kappa shape index (κ3) is 4.18. The summed E-state index contributed by atoms with van der Waals surface area (Å²) in [5, 5.41) is 24.1. The highest BCUT2D eigenvalue weighted by atomic mass is 79.9. The van der Waals surface area contributed by atoms with E-state index in [1.165, 1.54) is 6.07 Å². The van der Waals surface area contributed by atoms with Crippen LogP contribution in [0.1, 0.15) is 36.0 Å². The van der Waals surface area contributed by atoms with Crippen molar-refractivity contribution in [2.75, 3.05) is 5.32 Å². The Morgan fingerprint density at radius 3 is 2.62 bits per heavy atom. The molecule has 2 unspecified atom stereocenters. The molecule has 2 atom stereocenters. The normalized spacial score (nSPS) is 21.6. The minimum absolute atomic E-state index is 0.0745. The predicted molar refractivity (Wildman–Crippen MR) is 81.5 cm³/mol. The number of aliphatic hydroxyl groups is 1. The summed E-state index contributed by atoms with van der Waals surface area (Å²) in [5.41, 5.74) is 0.462. The zero-order chi connectivity index (χ0) is 15.4. The van der Waals surface area contributed by atoms with Crippen LogP contribution in [0.15, 0.2) is 22.7 Å². The summed E-state index contributed by atoms with van der Waals surface area (Å²) in [5.74, 6) is -1.08. The molecule has 1 fully saturated rings. The molecule has 0 radical (unpaired) electrons. The summed E-state index contributed by atoms with van der Waals surface area (Å²) in [4.78, 5) is 22.9. The lowest BCUT2D eigenvalue weighted by Crippen LogP contribution is -2.46. The van der Waals surface area contributed by atoms with Gasteiger partial charge in [0.25, 0.3) is 0 Å². The minimum atomic E-state index is -1.08. The van der Waals surface area contributed by atoms with Gasteiger partial charge in [-0.05, 0) is 47.0 Å². The molecule has 1 aliphatic rings. The second kappa shape index (κ2) is 6.91. The van der Waals surface area contributed by atoms with E-state index in [1.807, 2.05) is 0 Å². The van der Waals surface area contributed by atoms with E-state index in [-0.39, 0.29) is 11.6 Å². The van der Waals surface area contributed by atoms with Crippen molar-refractivity contribution in [2.45, 2.75) is 37.8 Å². The van der Waals surface area contributed by atoms with Gasteiger partial charge < -0.3 is 20.8 Å². The zero-order valence-electron chi connectivity index (χ0n) is 11.3. The van der Waals surface area contributed by atoms with Gasteiger partial charge >= 0.3 is 12.0 Å². The van der Waals surface area contributed by atoms with Crippen LogP contribution in [0.3, 0.4) is 0 Å². The van der Waals surface area contributed by atoms with Crippen molar-refractivity contribution in [2.24, 2.45) is 0 Å². The Morgan fingerprint density at radius 1 is 1.24 bits per heavy atom. The molecular weight excluding hydrogens is 340 g/mol. The third-order valence-electron chi connectivity index (χ3n) is 3.50. The van der Waals surface area contributed by atoms with E-state index in [2.05, 4.69) is 26.6 Å². The van der Waals surface area contributed by atoms with Gasteiger partial charge in [-0.3, -0.25) is 0 Å². The van der Waals surface area contributed by atoms with Crippen LogP contribution < -0.4 is 10.6 Å². The summed E-state index contributed by atoms with van der Waals surface area (Å²) < 4.78 is 0.448. The molecule has 0 aliphatic heterocycles. The van der Waals surface area contributed by atoms with Crippen molar-refractivity contribution in [1.82, 2.24) is 5.32 Å². The SMILES string of the molecule is O=C(Nc1ccc(Br)c(C(=O)O)c1)NC1CCCCC1O. The molecular formula is C14H17BrN2O4. The van der Waals surface area contributed by atoms with E-state index in [4.69, 9.17) is 5.11 Å². The first-order valence-electron chi connectivity index (χ1n) is 6.76. The van der Waals surface area contributed by atoms with Crippen molar-refractivity contribution in [3.8, 4) is 0 Å². The number of rotatable bonds is 3. The molecule has 114 valence electrons. The molecule has 7 heteroatoms. The standard InChI is InChI=1S/C14H17BrN2O4/c15-10-6-5-8(7-9(10)13(19)20)16-14(21)17-11-3-1-2-4-12(11)18/h5-7,11-12,18H,1-4H2,(H,19,20)(H2,16,17,21). The highest BCUT2D eigenvalue weighted by Gasteiger charge is 2.24. The summed E-state index contributed by atoms with van der Waals surface area (Å²) >= 11 is 3.14. The second-order valence-corrected chi connectivity index (χ2v) is 5.91. The van der Waals surface area contributed by atoms with Crippen LogP contribution in [0.2, 0.25) is 0 Å². The van der Waals surface area contributed by atoms with Crippen LogP contribution in [-0.4, -0.2) is 34.4 Å². The molecule has 0 heterocycles. The fourth-order valence-electron chi connectivity index (χ4n) is 2.38. The van der Waals surface area contributed by atoms with Gasteiger partial charge in [0.15, 0.2) is 0 Å². The summed E-state index contributed by atoms with van der Waals surface area (Å²) in [6, 6.07) is 3.85. The molecule has 0 bridgehead atoms. The smallest absolute Gasteiger partial charge is 0.336 e. The number of anilines is 1. The Bertz CT molecular complexity index is 550. The van der Waals surface area contributed by atoms with Gasteiger partial charge in [-0.25, -0.2) is 9.59 Å². The number of hydrogen-bond donors (Lipinski definition) is 4. The highest BCUT2D eigenvalue weighted by Crippen LogP contribution is 2.22. The maximum atomic E-state index is 11.9. The molecule has 6 nitrogen and oxygen atoms in total. The van der Waals surface area contributed by atoms with Gasteiger partial charge in [0.1, 0.15) is 0 Å². The number of carboxylic acids is 1. The van der Waals surface area contributed by atoms with Crippen LogP contribution in [0.5, 0.6) is 0 Å². The molecule has 1 aromatic rings. The molecule has 0 aromatic heterocycles.